The number of halogens is 4. The lowest BCUT2D eigenvalue weighted by Gasteiger charge is -2.09. The molecule has 24 heavy (non-hydrogen) atoms. The van der Waals surface area contributed by atoms with E-state index in [0.29, 0.717) is 0 Å². The van der Waals surface area contributed by atoms with Crippen LogP contribution in [0.25, 0.3) is 0 Å². The molecule has 0 bridgehead atoms. The summed E-state index contributed by atoms with van der Waals surface area (Å²) in [5.74, 6) is -6.96. The van der Waals surface area contributed by atoms with E-state index in [4.69, 9.17) is 18.0 Å². The van der Waals surface area contributed by atoms with E-state index in [2.05, 4.69) is 4.99 Å². The molecule has 126 valence electrons. The van der Waals surface area contributed by atoms with E-state index in [1.165, 1.54) is 0 Å². The maximum atomic E-state index is 13.9. The van der Waals surface area contributed by atoms with Crippen molar-refractivity contribution in [3.8, 4) is 0 Å². The molecule has 0 aliphatic rings. The maximum Gasteiger partial charge on any atom is 0.173 e. The van der Waals surface area contributed by atoms with Gasteiger partial charge in [0, 0.05) is 10.5 Å². The molecule has 2 rings (SSSR count). The van der Waals surface area contributed by atoms with Crippen LogP contribution in [0.3, 0.4) is 0 Å². The monoisotopic (exact) mass is 372 g/mol. The van der Waals surface area contributed by atoms with Crippen molar-refractivity contribution in [3.63, 3.8) is 0 Å². The molecule has 0 atom stereocenters. The number of hydrogen-bond donors (Lipinski definition) is 1. The minimum Gasteiger partial charge on any atom is -0.383 e. The molecular formula is C16H12F4N2S2. The van der Waals surface area contributed by atoms with E-state index in [-0.39, 0.29) is 4.32 Å². The summed E-state index contributed by atoms with van der Waals surface area (Å²) in [7, 11) is 0. The number of aliphatic imine (C=N–C) groups is 1. The lowest BCUT2D eigenvalue weighted by Crippen LogP contribution is -2.21. The highest BCUT2D eigenvalue weighted by Gasteiger charge is 2.25. The molecule has 2 N–H and O–H groups in total. The van der Waals surface area contributed by atoms with Crippen molar-refractivity contribution in [3.05, 3.63) is 64.2 Å². The third-order valence-corrected chi connectivity index (χ3v) is 4.29. The van der Waals surface area contributed by atoms with Gasteiger partial charge in [-0.3, -0.25) is 0 Å². The van der Waals surface area contributed by atoms with Crippen LogP contribution in [0.15, 0.2) is 34.2 Å². The lowest BCUT2D eigenvalue weighted by atomic mass is 10.1. The van der Waals surface area contributed by atoms with Gasteiger partial charge in [-0.1, -0.05) is 41.7 Å². The Morgan fingerprint density at radius 2 is 1.46 bits per heavy atom. The Hall–Kier alpha value is -1.93. The number of rotatable bonds is 2. The Kier molecular flexibility index (Phi) is 5.61. The van der Waals surface area contributed by atoms with E-state index in [1.807, 2.05) is 19.1 Å². The molecule has 0 aromatic heterocycles. The fourth-order valence-electron chi connectivity index (χ4n) is 1.85. The summed E-state index contributed by atoms with van der Waals surface area (Å²) in [6.45, 7) is 2.83. The first-order valence-corrected chi connectivity index (χ1v) is 7.90. The molecule has 2 nitrogen and oxygen atoms in total. The van der Waals surface area contributed by atoms with Gasteiger partial charge in [-0.15, -0.1) is 0 Å². The van der Waals surface area contributed by atoms with Crippen LogP contribution in [0.4, 0.5) is 17.6 Å². The number of nitrogens with two attached hydrogens (primary N) is 1. The quantitative estimate of drug-likeness (QED) is 0.208. The van der Waals surface area contributed by atoms with Gasteiger partial charge in [0.25, 0.3) is 0 Å². The summed E-state index contributed by atoms with van der Waals surface area (Å²) in [5.41, 5.74) is 4.71. The highest BCUT2D eigenvalue weighted by Crippen LogP contribution is 2.25. The minimum atomic E-state index is -1.60. The zero-order chi connectivity index (χ0) is 18.0. The van der Waals surface area contributed by atoms with Crippen LogP contribution < -0.4 is 5.73 Å². The Labute approximate surface area is 145 Å². The zero-order valence-electron chi connectivity index (χ0n) is 12.7. The molecule has 8 heteroatoms. The van der Waals surface area contributed by atoms with Crippen molar-refractivity contribution >= 4 is 34.1 Å². The molecule has 0 saturated carbocycles. The Morgan fingerprint density at radius 1 is 0.958 bits per heavy atom. The molecule has 0 heterocycles. The number of nitrogens with zero attached hydrogens (tertiary/aromatic N) is 1. The van der Waals surface area contributed by atoms with Crippen molar-refractivity contribution in [1.82, 2.24) is 0 Å². The van der Waals surface area contributed by atoms with E-state index in [9.17, 15) is 17.6 Å². The van der Waals surface area contributed by atoms with Gasteiger partial charge < -0.3 is 5.73 Å². The molecule has 0 amide bonds. The third-order valence-electron chi connectivity index (χ3n) is 3.18. The predicted molar refractivity (Wildman–Crippen MR) is 91.4 cm³/mol. The van der Waals surface area contributed by atoms with Gasteiger partial charge in [-0.05, 0) is 26.0 Å². The molecule has 0 saturated heterocycles. The normalized spacial score (nSPS) is 11.7. The molecule has 2 aromatic carbocycles. The van der Waals surface area contributed by atoms with E-state index in [1.54, 1.807) is 12.1 Å². The number of benzene rings is 2. The lowest BCUT2D eigenvalue weighted by molar-refractivity contribution is 0.442. The van der Waals surface area contributed by atoms with Crippen molar-refractivity contribution in [1.29, 1.82) is 0 Å². The highest BCUT2D eigenvalue weighted by atomic mass is 32.2. The fraction of sp³-hybridized carbons (Fsp3) is 0.125. The number of thioether (sulfide) groups is 1. The summed E-state index contributed by atoms with van der Waals surface area (Å²) in [4.78, 5) is 4.41. The van der Waals surface area contributed by atoms with E-state index in [0.717, 1.165) is 29.1 Å². The molecule has 0 fully saturated rings. The second-order valence-corrected chi connectivity index (χ2v) is 6.64. The summed E-state index contributed by atoms with van der Waals surface area (Å²) < 4.78 is 54.9. The van der Waals surface area contributed by atoms with Crippen LogP contribution in [0, 0.1) is 37.1 Å². The summed E-state index contributed by atoms with van der Waals surface area (Å²) >= 11 is 6.02. The first-order chi connectivity index (χ1) is 11.2. The van der Waals surface area contributed by atoms with Crippen molar-refractivity contribution in [2.75, 3.05) is 0 Å². The van der Waals surface area contributed by atoms with Gasteiger partial charge in [-0.25, -0.2) is 22.6 Å². The van der Waals surface area contributed by atoms with Crippen molar-refractivity contribution in [2.45, 2.75) is 18.7 Å². The van der Waals surface area contributed by atoms with Gasteiger partial charge in [0.05, 0.1) is 5.56 Å². The van der Waals surface area contributed by atoms with E-state index >= 15 is 0 Å². The van der Waals surface area contributed by atoms with Gasteiger partial charge in [0.2, 0.25) is 0 Å². The van der Waals surface area contributed by atoms with Crippen LogP contribution in [-0.2, 0) is 0 Å². The molecule has 2 aromatic rings. The molecule has 0 aliphatic carbocycles. The Morgan fingerprint density at radius 3 is 1.96 bits per heavy atom. The number of hydrogen-bond acceptors (Lipinski definition) is 2. The predicted octanol–water partition coefficient (Wildman–Crippen LogP) is 4.64. The van der Waals surface area contributed by atoms with Crippen molar-refractivity contribution in [2.24, 2.45) is 10.7 Å². The van der Waals surface area contributed by atoms with Crippen LogP contribution in [0.1, 0.15) is 16.7 Å². The zero-order valence-corrected chi connectivity index (χ0v) is 14.3. The van der Waals surface area contributed by atoms with Crippen LogP contribution in [-0.4, -0.2) is 10.2 Å². The SMILES string of the molecule is Cc1ccc(SC(=S)N=C(N)c2c(F)c(F)c(C)c(F)c2F)cc1. The van der Waals surface area contributed by atoms with Crippen LogP contribution in [0.5, 0.6) is 0 Å². The smallest absolute Gasteiger partial charge is 0.173 e. The fourth-order valence-corrected chi connectivity index (χ4v) is 2.86. The Bertz CT molecular complexity index is 804. The number of aryl methyl sites for hydroxylation is 1. The molecule has 0 spiro atoms. The molecule has 0 radical (unpaired) electrons. The van der Waals surface area contributed by atoms with Gasteiger partial charge >= 0.3 is 0 Å². The second-order valence-electron chi connectivity index (χ2n) is 4.93. The van der Waals surface area contributed by atoms with Gasteiger partial charge in [0.15, 0.2) is 27.6 Å². The summed E-state index contributed by atoms with van der Waals surface area (Å²) in [6.07, 6.45) is 0. The molecule has 0 aliphatic heterocycles. The first-order valence-electron chi connectivity index (χ1n) is 6.68. The summed E-state index contributed by atoms with van der Waals surface area (Å²) in [5, 5.41) is 0. The topological polar surface area (TPSA) is 38.4 Å². The number of amidine groups is 1. The van der Waals surface area contributed by atoms with Crippen molar-refractivity contribution < 1.29 is 17.6 Å². The first kappa shape index (κ1) is 18.4. The summed E-state index contributed by atoms with van der Waals surface area (Å²) in [6, 6.07) is 7.26. The minimum absolute atomic E-state index is 0.0449. The largest absolute Gasteiger partial charge is 0.383 e. The third kappa shape index (κ3) is 3.76. The maximum absolute atomic E-state index is 13.9. The molecule has 0 unspecified atom stereocenters. The van der Waals surface area contributed by atoms with E-state index < -0.39 is 40.2 Å². The second kappa shape index (κ2) is 7.31. The average molecular weight is 372 g/mol. The average Bonchev–Trinajstić information content (AvgIpc) is 2.53. The van der Waals surface area contributed by atoms with Crippen LogP contribution in [0.2, 0.25) is 0 Å². The van der Waals surface area contributed by atoms with Gasteiger partial charge in [-0.2, -0.15) is 0 Å². The standard InChI is InChI=1S/C16H12F4N2S2/c1-7-3-5-9(6-4-7)24-16(23)22-15(21)10-13(19)11(17)8(2)12(18)14(10)20/h3-6H,1-2H3,(H2,21,22,23). The van der Waals surface area contributed by atoms with Crippen LogP contribution >= 0.6 is 24.0 Å². The molecular weight excluding hydrogens is 360 g/mol. The number of thiocarbonyl (C=S) groups is 1. The van der Waals surface area contributed by atoms with Gasteiger partial charge in [0.1, 0.15) is 5.84 Å². The highest BCUT2D eigenvalue weighted by molar-refractivity contribution is 8.23. The Balaban J connectivity index is 2.34.